The fourth-order valence-corrected chi connectivity index (χ4v) is 2.88. The number of pyridine rings is 1. The lowest BCUT2D eigenvalue weighted by Crippen LogP contribution is -2.34. The molecule has 0 spiro atoms. The van der Waals surface area contributed by atoms with E-state index in [9.17, 15) is 9.59 Å². The van der Waals surface area contributed by atoms with E-state index in [2.05, 4.69) is 15.6 Å². The summed E-state index contributed by atoms with van der Waals surface area (Å²) in [6.07, 6.45) is 3.34. The largest absolute Gasteiger partial charge is 0.379 e. The lowest BCUT2D eigenvalue weighted by Gasteiger charge is -2.12. The first kappa shape index (κ1) is 18.1. The Morgan fingerprint density at radius 1 is 1.23 bits per heavy atom. The van der Waals surface area contributed by atoms with Crippen LogP contribution in [0.25, 0.3) is 11.3 Å². The number of nitrogens with one attached hydrogen (secondary N) is 2. The molecule has 1 saturated heterocycles. The molecule has 26 heavy (non-hydrogen) atoms. The van der Waals surface area contributed by atoms with Crippen molar-refractivity contribution < 1.29 is 14.3 Å². The van der Waals surface area contributed by atoms with Gasteiger partial charge in [0.2, 0.25) is 0 Å². The minimum absolute atomic E-state index is 0.0522. The van der Waals surface area contributed by atoms with Gasteiger partial charge in [0.05, 0.1) is 23.9 Å². The number of carbonyl (C=O) groups excluding carboxylic acids is 2. The van der Waals surface area contributed by atoms with Crippen molar-refractivity contribution in [2.24, 2.45) is 0 Å². The maximum atomic E-state index is 12.5. The number of amides is 2. The Morgan fingerprint density at radius 2 is 2.12 bits per heavy atom. The number of aromatic nitrogens is 1. The number of rotatable bonds is 6. The Labute approximate surface area is 153 Å². The van der Waals surface area contributed by atoms with Crippen molar-refractivity contribution in [1.29, 1.82) is 0 Å². The lowest BCUT2D eigenvalue weighted by atomic mass is 10.0. The van der Waals surface area contributed by atoms with E-state index in [-0.39, 0.29) is 17.9 Å². The van der Waals surface area contributed by atoms with Crippen molar-refractivity contribution in [3.8, 4) is 11.3 Å². The standard InChI is InChI=1S/C20H23N3O3/c1-2-9-22-20(25)17-7-4-10-21-18(17)14-5-3-6-15(12-14)19(24)23-16-8-11-26-13-16/h3-7,10,12,16H,2,8-9,11,13H2,1H3,(H,22,25)(H,23,24)/t16-/m1/s1. The molecule has 0 saturated carbocycles. The molecule has 1 fully saturated rings. The molecule has 136 valence electrons. The van der Waals surface area contributed by atoms with Gasteiger partial charge in [0.15, 0.2) is 0 Å². The van der Waals surface area contributed by atoms with Gasteiger partial charge in [-0.1, -0.05) is 19.1 Å². The van der Waals surface area contributed by atoms with E-state index in [4.69, 9.17) is 4.74 Å². The molecular formula is C20H23N3O3. The van der Waals surface area contributed by atoms with Gasteiger partial charge in [-0.2, -0.15) is 0 Å². The second kappa shape index (κ2) is 8.58. The van der Waals surface area contributed by atoms with Crippen molar-refractivity contribution >= 4 is 11.8 Å². The quantitative estimate of drug-likeness (QED) is 0.836. The summed E-state index contributed by atoms with van der Waals surface area (Å²) in [5.41, 5.74) is 2.35. The molecule has 2 aromatic rings. The Morgan fingerprint density at radius 3 is 2.88 bits per heavy atom. The molecule has 2 heterocycles. The van der Waals surface area contributed by atoms with E-state index in [1.807, 2.05) is 13.0 Å². The zero-order valence-electron chi connectivity index (χ0n) is 14.8. The molecule has 0 radical (unpaired) electrons. The fraction of sp³-hybridized carbons (Fsp3) is 0.350. The van der Waals surface area contributed by atoms with Crippen LogP contribution < -0.4 is 10.6 Å². The molecule has 6 heteroatoms. The van der Waals surface area contributed by atoms with Crippen molar-refractivity contribution in [3.05, 3.63) is 53.7 Å². The Kier molecular flexibility index (Phi) is 5.96. The molecule has 1 atom stereocenters. The Balaban J connectivity index is 1.84. The third-order valence-corrected chi connectivity index (χ3v) is 4.25. The summed E-state index contributed by atoms with van der Waals surface area (Å²) < 4.78 is 5.29. The van der Waals surface area contributed by atoms with Crippen LogP contribution in [0.2, 0.25) is 0 Å². The molecule has 0 aliphatic carbocycles. The molecule has 2 N–H and O–H groups in total. The van der Waals surface area contributed by atoms with E-state index in [0.717, 1.165) is 18.4 Å². The monoisotopic (exact) mass is 353 g/mol. The van der Waals surface area contributed by atoms with Crippen LogP contribution in [0.5, 0.6) is 0 Å². The number of benzene rings is 1. The van der Waals surface area contributed by atoms with Crippen LogP contribution in [-0.2, 0) is 4.74 Å². The number of carbonyl (C=O) groups is 2. The van der Waals surface area contributed by atoms with Crippen LogP contribution in [0.15, 0.2) is 42.6 Å². The highest BCUT2D eigenvalue weighted by atomic mass is 16.5. The van der Waals surface area contributed by atoms with E-state index in [1.54, 1.807) is 36.5 Å². The van der Waals surface area contributed by atoms with E-state index in [0.29, 0.717) is 36.6 Å². The third-order valence-electron chi connectivity index (χ3n) is 4.25. The maximum absolute atomic E-state index is 12.5. The van der Waals surface area contributed by atoms with Gasteiger partial charge in [0.25, 0.3) is 11.8 Å². The molecule has 2 amide bonds. The summed E-state index contributed by atoms with van der Waals surface area (Å²) in [6, 6.07) is 10.7. The fourth-order valence-electron chi connectivity index (χ4n) is 2.88. The predicted octanol–water partition coefficient (Wildman–Crippen LogP) is 2.41. The minimum atomic E-state index is -0.159. The average molecular weight is 353 g/mol. The van der Waals surface area contributed by atoms with Crippen LogP contribution in [0.3, 0.4) is 0 Å². The molecule has 1 aliphatic rings. The summed E-state index contributed by atoms with van der Waals surface area (Å²) in [4.78, 5) is 29.2. The molecule has 1 aromatic heterocycles. The second-order valence-corrected chi connectivity index (χ2v) is 6.27. The highest BCUT2D eigenvalue weighted by molar-refractivity contribution is 6.01. The number of nitrogens with zero attached hydrogens (tertiary/aromatic N) is 1. The van der Waals surface area contributed by atoms with Gasteiger partial charge < -0.3 is 15.4 Å². The first-order valence-electron chi connectivity index (χ1n) is 8.91. The van der Waals surface area contributed by atoms with Gasteiger partial charge in [-0.3, -0.25) is 14.6 Å². The van der Waals surface area contributed by atoms with Crippen LogP contribution in [0.4, 0.5) is 0 Å². The zero-order chi connectivity index (χ0) is 18.4. The lowest BCUT2D eigenvalue weighted by molar-refractivity contribution is 0.0928. The van der Waals surface area contributed by atoms with Gasteiger partial charge in [-0.05, 0) is 37.1 Å². The first-order valence-corrected chi connectivity index (χ1v) is 8.91. The maximum Gasteiger partial charge on any atom is 0.253 e. The SMILES string of the molecule is CCCNC(=O)c1cccnc1-c1cccc(C(=O)N[C@@H]2CCOC2)c1. The minimum Gasteiger partial charge on any atom is -0.379 e. The van der Waals surface area contributed by atoms with Gasteiger partial charge in [-0.15, -0.1) is 0 Å². The van der Waals surface area contributed by atoms with E-state index >= 15 is 0 Å². The summed E-state index contributed by atoms with van der Waals surface area (Å²) in [6.45, 7) is 3.84. The molecule has 1 aliphatic heterocycles. The normalized spacial score (nSPS) is 16.3. The van der Waals surface area contributed by atoms with E-state index < -0.39 is 0 Å². The van der Waals surface area contributed by atoms with Crippen molar-refractivity contribution in [1.82, 2.24) is 15.6 Å². The number of hydrogen-bond acceptors (Lipinski definition) is 4. The van der Waals surface area contributed by atoms with Gasteiger partial charge in [0.1, 0.15) is 0 Å². The number of hydrogen-bond donors (Lipinski definition) is 2. The molecule has 0 bridgehead atoms. The number of ether oxygens (including phenoxy) is 1. The highest BCUT2D eigenvalue weighted by Gasteiger charge is 2.19. The van der Waals surface area contributed by atoms with Crippen LogP contribution >= 0.6 is 0 Å². The molecule has 1 aromatic carbocycles. The Bertz CT molecular complexity index is 785. The van der Waals surface area contributed by atoms with Crippen molar-refractivity contribution in [2.45, 2.75) is 25.8 Å². The summed E-state index contributed by atoms with van der Waals surface area (Å²) in [5.74, 6) is -0.303. The van der Waals surface area contributed by atoms with Crippen LogP contribution in [0.1, 0.15) is 40.5 Å². The molecular weight excluding hydrogens is 330 g/mol. The second-order valence-electron chi connectivity index (χ2n) is 6.27. The van der Waals surface area contributed by atoms with Crippen molar-refractivity contribution in [2.75, 3.05) is 19.8 Å². The zero-order valence-corrected chi connectivity index (χ0v) is 14.8. The molecule has 0 unspecified atom stereocenters. The van der Waals surface area contributed by atoms with Gasteiger partial charge in [0, 0.05) is 30.5 Å². The third kappa shape index (κ3) is 4.26. The van der Waals surface area contributed by atoms with Crippen LogP contribution in [-0.4, -0.2) is 42.6 Å². The molecule has 3 rings (SSSR count). The summed E-state index contributed by atoms with van der Waals surface area (Å²) in [7, 11) is 0. The van der Waals surface area contributed by atoms with Crippen molar-refractivity contribution in [3.63, 3.8) is 0 Å². The van der Waals surface area contributed by atoms with Crippen LogP contribution in [0, 0.1) is 0 Å². The van der Waals surface area contributed by atoms with E-state index in [1.165, 1.54) is 0 Å². The predicted molar refractivity (Wildman–Crippen MR) is 99.0 cm³/mol. The highest BCUT2D eigenvalue weighted by Crippen LogP contribution is 2.22. The summed E-state index contributed by atoms with van der Waals surface area (Å²) >= 11 is 0. The summed E-state index contributed by atoms with van der Waals surface area (Å²) in [5, 5.41) is 5.85. The average Bonchev–Trinajstić information content (AvgIpc) is 3.19. The van der Waals surface area contributed by atoms with Gasteiger partial charge in [-0.25, -0.2) is 0 Å². The first-order chi connectivity index (χ1) is 12.7. The molecule has 6 nitrogen and oxygen atoms in total. The Hall–Kier alpha value is -2.73. The topological polar surface area (TPSA) is 80.3 Å². The van der Waals surface area contributed by atoms with Gasteiger partial charge >= 0.3 is 0 Å². The smallest absolute Gasteiger partial charge is 0.253 e.